The molecule has 0 bridgehead atoms. The van der Waals surface area contributed by atoms with E-state index in [9.17, 15) is 0 Å². The predicted octanol–water partition coefficient (Wildman–Crippen LogP) is 9.92. The first-order chi connectivity index (χ1) is 17.1. The zero-order valence-electron chi connectivity index (χ0n) is 23.8. The zero-order valence-corrected chi connectivity index (χ0v) is 23.8. The predicted molar refractivity (Wildman–Crippen MR) is 151 cm³/mol. The van der Waals surface area contributed by atoms with Gasteiger partial charge in [0, 0.05) is 6.04 Å². The molecule has 0 heterocycles. The van der Waals surface area contributed by atoms with E-state index in [1.807, 2.05) is 0 Å². The summed E-state index contributed by atoms with van der Waals surface area (Å²) in [6.07, 6.45) is 33.3. The molecular weight excluding hydrogens is 422 g/mol. The highest BCUT2D eigenvalue weighted by molar-refractivity contribution is 5.09. The lowest BCUT2D eigenvalue weighted by atomic mass is 9.57. The molecule has 0 aromatic rings. The number of hydrogen-bond donors (Lipinski definition) is 1. The van der Waals surface area contributed by atoms with E-state index < -0.39 is 0 Å². The molecule has 202 valence electrons. The zero-order chi connectivity index (χ0) is 24.3. The Bertz CT molecular complexity index is 619. The van der Waals surface area contributed by atoms with Crippen LogP contribution in [0.15, 0.2) is 0 Å². The summed E-state index contributed by atoms with van der Waals surface area (Å²) in [5.74, 6) is 8.56. The van der Waals surface area contributed by atoms with Crippen molar-refractivity contribution in [2.75, 3.05) is 0 Å². The van der Waals surface area contributed by atoms with Crippen molar-refractivity contribution >= 4 is 0 Å². The van der Waals surface area contributed by atoms with Crippen molar-refractivity contribution in [2.24, 2.45) is 58.5 Å². The van der Waals surface area contributed by atoms with Crippen molar-refractivity contribution in [1.29, 1.82) is 0 Å². The molecule has 35 heavy (non-hydrogen) atoms. The van der Waals surface area contributed by atoms with Gasteiger partial charge in [-0.1, -0.05) is 78.1 Å². The average molecular weight is 484 g/mol. The molecule has 5 saturated carbocycles. The fourth-order valence-corrected chi connectivity index (χ4v) is 11.2. The Morgan fingerprint density at radius 1 is 0.600 bits per heavy atom. The van der Waals surface area contributed by atoms with Crippen LogP contribution in [0.1, 0.15) is 155 Å². The SMILES string of the molecule is CCCCC1(CCCC)C2C[C@H](C3CCCCC3)CC[C@@H]2C2CC[C@H](C[C@H]3CC[C@@H](N)CC3)C[C@@H]21. The van der Waals surface area contributed by atoms with E-state index in [-0.39, 0.29) is 0 Å². The minimum Gasteiger partial charge on any atom is -0.328 e. The third-order valence-electron chi connectivity index (χ3n) is 12.8. The Morgan fingerprint density at radius 3 is 1.86 bits per heavy atom. The van der Waals surface area contributed by atoms with Gasteiger partial charge in [-0.25, -0.2) is 0 Å². The standard InChI is InChI=1S/C34H61N/c1-3-5-20-34(21-6-4-2)32-23-26(22-25-12-16-29(35)17-13-25)14-18-30(32)31-19-15-28(24-33(31)34)27-10-8-7-9-11-27/h25-33H,3-24,35H2,1-2H3/t25-,26-,28-,29+,30?,31-,32+,33?/m1/s1. The van der Waals surface area contributed by atoms with E-state index in [1.54, 1.807) is 70.6 Å². The summed E-state index contributed by atoms with van der Waals surface area (Å²) in [6.45, 7) is 4.92. The summed E-state index contributed by atoms with van der Waals surface area (Å²) >= 11 is 0. The molecule has 0 aliphatic heterocycles. The molecule has 0 radical (unpaired) electrons. The normalized spacial score (nSPS) is 41.9. The molecule has 5 rings (SSSR count). The first-order valence-corrected chi connectivity index (χ1v) is 16.9. The van der Waals surface area contributed by atoms with Gasteiger partial charge in [-0.3, -0.25) is 0 Å². The van der Waals surface area contributed by atoms with E-state index >= 15 is 0 Å². The second kappa shape index (κ2) is 12.2. The molecule has 0 amide bonds. The van der Waals surface area contributed by atoms with Crippen LogP contribution in [0.4, 0.5) is 0 Å². The van der Waals surface area contributed by atoms with E-state index in [1.165, 1.54) is 70.6 Å². The molecule has 1 heteroatoms. The van der Waals surface area contributed by atoms with Crippen LogP contribution in [-0.4, -0.2) is 6.04 Å². The quantitative estimate of drug-likeness (QED) is 0.347. The summed E-state index contributed by atoms with van der Waals surface area (Å²) in [7, 11) is 0. The van der Waals surface area contributed by atoms with Crippen LogP contribution < -0.4 is 5.73 Å². The summed E-state index contributed by atoms with van der Waals surface area (Å²) < 4.78 is 0. The molecule has 2 unspecified atom stereocenters. The third-order valence-corrected chi connectivity index (χ3v) is 12.8. The van der Waals surface area contributed by atoms with Gasteiger partial charge >= 0.3 is 0 Å². The lowest BCUT2D eigenvalue weighted by Gasteiger charge is -2.48. The van der Waals surface area contributed by atoms with Crippen LogP contribution in [0, 0.1) is 52.8 Å². The highest BCUT2D eigenvalue weighted by Crippen LogP contribution is 2.68. The molecule has 1 nitrogen and oxygen atoms in total. The lowest BCUT2D eigenvalue weighted by molar-refractivity contribution is 0.0177. The smallest absolute Gasteiger partial charge is 0.00390 e. The molecular formula is C34H61N. The summed E-state index contributed by atoms with van der Waals surface area (Å²) in [5.41, 5.74) is 6.97. The van der Waals surface area contributed by atoms with Gasteiger partial charge in [0.1, 0.15) is 0 Å². The molecule has 0 aromatic carbocycles. The molecule has 5 aliphatic rings. The van der Waals surface area contributed by atoms with Gasteiger partial charge in [-0.05, 0) is 130 Å². The second-order valence-electron chi connectivity index (χ2n) is 14.6. The Hall–Kier alpha value is -0.0400. The van der Waals surface area contributed by atoms with Gasteiger partial charge in [0.2, 0.25) is 0 Å². The number of nitrogens with two attached hydrogens (primary N) is 1. The number of fused-ring (bicyclic) bond motifs is 3. The van der Waals surface area contributed by atoms with Crippen molar-refractivity contribution < 1.29 is 0 Å². The Balaban J connectivity index is 1.35. The van der Waals surface area contributed by atoms with Gasteiger partial charge < -0.3 is 5.73 Å². The molecule has 2 N–H and O–H groups in total. The largest absolute Gasteiger partial charge is 0.328 e. The fraction of sp³-hybridized carbons (Fsp3) is 1.00. The van der Waals surface area contributed by atoms with Crippen molar-refractivity contribution in [3.05, 3.63) is 0 Å². The molecule has 5 fully saturated rings. The Kier molecular flexibility index (Phi) is 9.27. The average Bonchev–Trinajstić information content (AvgIpc) is 3.16. The van der Waals surface area contributed by atoms with E-state index in [0.717, 1.165) is 47.3 Å². The lowest BCUT2D eigenvalue weighted by Crippen LogP contribution is -2.39. The second-order valence-corrected chi connectivity index (χ2v) is 14.6. The fourth-order valence-electron chi connectivity index (χ4n) is 11.2. The minimum absolute atomic E-state index is 0.507. The number of hydrogen-bond acceptors (Lipinski definition) is 1. The maximum absolute atomic E-state index is 6.26. The van der Waals surface area contributed by atoms with Gasteiger partial charge in [0.25, 0.3) is 0 Å². The molecule has 0 aromatic heterocycles. The minimum atomic E-state index is 0.507. The van der Waals surface area contributed by atoms with Crippen LogP contribution in [0.5, 0.6) is 0 Å². The van der Waals surface area contributed by atoms with Crippen LogP contribution in [0.3, 0.4) is 0 Å². The topological polar surface area (TPSA) is 26.0 Å². The van der Waals surface area contributed by atoms with Crippen molar-refractivity contribution in [1.82, 2.24) is 0 Å². The monoisotopic (exact) mass is 483 g/mol. The van der Waals surface area contributed by atoms with E-state index in [2.05, 4.69) is 13.8 Å². The summed E-state index contributed by atoms with van der Waals surface area (Å²) in [5, 5.41) is 0. The van der Waals surface area contributed by atoms with Gasteiger partial charge in [0.05, 0.1) is 0 Å². The highest BCUT2D eigenvalue weighted by atomic mass is 14.7. The van der Waals surface area contributed by atoms with Gasteiger partial charge in [-0.15, -0.1) is 0 Å². The van der Waals surface area contributed by atoms with Crippen LogP contribution >= 0.6 is 0 Å². The van der Waals surface area contributed by atoms with Gasteiger partial charge in [-0.2, -0.15) is 0 Å². The van der Waals surface area contributed by atoms with Crippen LogP contribution in [-0.2, 0) is 0 Å². The Labute approximate surface area is 219 Å². The van der Waals surface area contributed by atoms with Gasteiger partial charge in [0.15, 0.2) is 0 Å². The first kappa shape index (κ1) is 26.6. The van der Waals surface area contributed by atoms with Crippen molar-refractivity contribution in [2.45, 2.75) is 161 Å². The molecule has 0 spiro atoms. The Morgan fingerprint density at radius 2 is 1.20 bits per heavy atom. The molecule has 0 saturated heterocycles. The molecule has 5 aliphatic carbocycles. The summed E-state index contributed by atoms with van der Waals surface area (Å²) in [6, 6.07) is 0.507. The number of unbranched alkanes of at least 4 members (excludes halogenated alkanes) is 2. The first-order valence-electron chi connectivity index (χ1n) is 16.9. The van der Waals surface area contributed by atoms with Crippen molar-refractivity contribution in [3.63, 3.8) is 0 Å². The van der Waals surface area contributed by atoms with Crippen molar-refractivity contribution in [3.8, 4) is 0 Å². The highest BCUT2D eigenvalue weighted by Gasteiger charge is 2.60. The summed E-state index contributed by atoms with van der Waals surface area (Å²) in [4.78, 5) is 0. The maximum Gasteiger partial charge on any atom is 0.00390 e. The maximum atomic E-state index is 6.26. The molecule has 6 atom stereocenters. The number of rotatable bonds is 9. The third kappa shape index (κ3) is 5.71. The van der Waals surface area contributed by atoms with E-state index in [4.69, 9.17) is 5.73 Å². The van der Waals surface area contributed by atoms with Crippen LogP contribution in [0.2, 0.25) is 0 Å². The van der Waals surface area contributed by atoms with Crippen LogP contribution in [0.25, 0.3) is 0 Å². The van der Waals surface area contributed by atoms with E-state index in [0.29, 0.717) is 11.5 Å².